The monoisotopic (exact) mass is 403 g/mol. The van der Waals surface area contributed by atoms with Crippen LogP contribution < -0.4 is 5.32 Å². The molecule has 150 valence electrons. The first-order valence-electron chi connectivity index (χ1n) is 9.41. The molecule has 3 heterocycles. The molecule has 30 heavy (non-hydrogen) atoms. The van der Waals surface area contributed by atoms with E-state index >= 15 is 0 Å². The minimum absolute atomic E-state index is 0.0400. The molecule has 9 nitrogen and oxygen atoms in total. The van der Waals surface area contributed by atoms with Crippen LogP contribution in [0, 0.1) is 0 Å². The highest BCUT2D eigenvalue weighted by molar-refractivity contribution is 5.69. The Hall–Kier alpha value is -4.01. The third-order valence-electron chi connectivity index (χ3n) is 4.99. The number of aromatic nitrogens is 4. The van der Waals surface area contributed by atoms with E-state index in [0.29, 0.717) is 11.5 Å². The van der Waals surface area contributed by atoms with Crippen LogP contribution in [0.25, 0.3) is 22.6 Å². The summed E-state index contributed by atoms with van der Waals surface area (Å²) in [4.78, 5) is 19.4. The summed E-state index contributed by atoms with van der Waals surface area (Å²) in [6.45, 7) is 0. The van der Waals surface area contributed by atoms with E-state index in [4.69, 9.17) is 13.9 Å². The Bertz CT molecular complexity index is 1180. The van der Waals surface area contributed by atoms with Gasteiger partial charge in [0.2, 0.25) is 11.8 Å². The zero-order valence-corrected chi connectivity index (χ0v) is 15.8. The number of rotatable bonds is 6. The van der Waals surface area contributed by atoms with Crippen LogP contribution in [0.15, 0.2) is 58.0 Å². The lowest BCUT2D eigenvalue weighted by Gasteiger charge is -2.11. The first-order chi connectivity index (χ1) is 14.6. The molecule has 1 aliphatic rings. The van der Waals surface area contributed by atoms with E-state index in [1.807, 2.05) is 6.07 Å². The standard InChI is InChI=1S/C21H17N5O4/c27-19(28)8-18-25-26-20(30-18)16-9-22-21(23-10-16)24-17-6-13-2-1-12(5-15(13)7-17)14-3-4-29-11-14/h1-5,9-11,17H,6-8H2,(H,27,28)(H,22,23,24). The largest absolute Gasteiger partial charge is 0.481 e. The third kappa shape index (κ3) is 3.64. The number of carboxylic acids is 1. The third-order valence-corrected chi connectivity index (χ3v) is 4.99. The van der Waals surface area contributed by atoms with Crippen molar-refractivity contribution < 1.29 is 18.7 Å². The van der Waals surface area contributed by atoms with Crippen LogP contribution in [-0.2, 0) is 24.1 Å². The van der Waals surface area contributed by atoms with E-state index in [0.717, 1.165) is 24.0 Å². The van der Waals surface area contributed by atoms with Gasteiger partial charge in [0.25, 0.3) is 5.89 Å². The Balaban J connectivity index is 1.25. The van der Waals surface area contributed by atoms with Gasteiger partial charge in [-0.1, -0.05) is 18.2 Å². The number of fused-ring (bicyclic) bond motifs is 1. The quantitative estimate of drug-likeness (QED) is 0.499. The molecule has 1 aliphatic carbocycles. The lowest BCUT2D eigenvalue weighted by molar-refractivity contribution is -0.136. The molecular weight excluding hydrogens is 386 g/mol. The molecular formula is C21H17N5O4. The highest BCUT2D eigenvalue weighted by Crippen LogP contribution is 2.29. The lowest BCUT2D eigenvalue weighted by Crippen LogP contribution is -2.20. The van der Waals surface area contributed by atoms with Gasteiger partial charge in [0, 0.05) is 24.0 Å². The van der Waals surface area contributed by atoms with Gasteiger partial charge < -0.3 is 19.3 Å². The summed E-state index contributed by atoms with van der Waals surface area (Å²) in [6.07, 6.45) is 8.03. The molecule has 0 amide bonds. The number of hydrogen-bond acceptors (Lipinski definition) is 8. The second-order valence-electron chi connectivity index (χ2n) is 7.11. The maximum absolute atomic E-state index is 10.7. The Labute approximate surface area is 170 Å². The Morgan fingerprint density at radius 3 is 2.67 bits per heavy atom. The van der Waals surface area contributed by atoms with Gasteiger partial charge in [0.1, 0.15) is 6.42 Å². The van der Waals surface area contributed by atoms with Crippen molar-refractivity contribution in [3.05, 3.63) is 66.2 Å². The van der Waals surface area contributed by atoms with Crippen LogP contribution in [0.2, 0.25) is 0 Å². The predicted octanol–water partition coefficient (Wildman–Crippen LogP) is 2.99. The van der Waals surface area contributed by atoms with Gasteiger partial charge >= 0.3 is 5.97 Å². The van der Waals surface area contributed by atoms with Crippen molar-refractivity contribution in [1.29, 1.82) is 0 Å². The van der Waals surface area contributed by atoms with E-state index in [1.165, 1.54) is 11.1 Å². The number of carboxylic acid groups (broad SMARTS) is 1. The summed E-state index contributed by atoms with van der Waals surface area (Å²) in [5, 5.41) is 19.7. The molecule has 5 rings (SSSR count). The highest BCUT2D eigenvalue weighted by atomic mass is 16.4. The minimum Gasteiger partial charge on any atom is -0.481 e. The molecule has 0 fully saturated rings. The molecule has 0 bridgehead atoms. The zero-order valence-electron chi connectivity index (χ0n) is 15.8. The van der Waals surface area contributed by atoms with Gasteiger partial charge in [0.15, 0.2) is 0 Å². The van der Waals surface area contributed by atoms with Crippen molar-refractivity contribution in [2.24, 2.45) is 0 Å². The smallest absolute Gasteiger partial charge is 0.312 e. The average molecular weight is 403 g/mol. The highest BCUT2D eigenvalue weighted by Gasteiger charge is 2.22. The SMILES string of the molecule is O=C(O)Cc1nnc(-c2cnc(NC3Cc4ccc(-c5ccoc5)cc4C3)nc2)o1. The molecule has 0 radical (unpaired) electrons. The predicted molar refractivity (Wildman–Crippen MR) is 106 cm³/mol. The van der Waals surface area contributed by atoms with Crippen molar-refractivity contribution >= 4 is 11.9 Å². The number of furan rings is 1. The first kappa shape index (κ1) is 18.0. The van der Waals surface area contributed by atoms with Crippen LogP contribution in [0.3, 0.4) is 0 Å². The molecule has 2 N–H and O–H groups in total. The molecule has 0 saturated heterocycles. The number of nitrogens with one attached hydrogen (secondary N) is 1. The van der Waals surface area contributed by atoms with Gasteiger partial charge in [-0.25, -0.2) is 9.97 Å². The number of nitrogens with zero attached hydrogens (tertiary/aromatic N) is 4. The molecule has 1 aromatic carbocycles. The molecule has 3 aromatic heterocycles. The van der Waals surface area contributed by atoms with Crippen molar-refractivity contribution in [2.45, 2.75) is 25.3 Å². The Morgan fingerprint density at radius 2 is 1.90 bits per heavy atom. The summed E-state index contributed by atoms with van der Waals surface area (Å²) < 4.78 is 10.5. The average Bonchev–Trinajstić information content (AvgIpc) is 3.48. The summed E-state index contributed by atoms with van der Waals surface area (Å²) in [6, 6.07) is 8.64. The van der Waals surface area contributed by atoms with E-state index in [-0.39, 0.29) is 24.2 Å². The van der Waals surface area contributed by atoms with Gasteiger partial charge in [0.05, 0.1) is 18.1 Å². The second kappa shape index (κ2) is 7.43. The molecule has 1 atom stereocenters. The van der Waals surface area contributed by atoms with Crippen molar-refractivity contribution in [3.8, 4) is 22.6 Å². The number of aliphatic carboxylic acids is 1. The van der Waals surface area contributed by atoms with E-state index in [9.17, 15) is 4.79 Å². The summed E-state index contributed by atoms with van der Waals surface area (Å²) in [7, 11) is 0. The molecule has 0 aliphatic heterocycles. The fraction of sp³-hybridized carbons (Fsp3) is 0.190. The molecule has 1 unspecified atom stereocenters. The number of carbonyl (C=O) groups is 1. The Kier molecular flexibility index (Phi) is 4.47. The van der Waals surface area contributed by atoms with Crippen molar-refractivity contribution in [1.82, 2.24) is 20.2 Å². The van der Waals surface area contributed by atoms with Crippen LogP contribution in [0.5, 0.6) is 0 Å². The fourth-order valence-electron chi connectivity index (χ4n) is 3.60. The topological polar surface area (TPSA) is 127 Å². The van der Waals surface area contributed by atoms with E-state index in [1.54, 1.807) is 24.9 Å². The van der Waals surface area contributed by atoms with Crippen LogP contribution >= 0.6 is 0 Å². The number of benzene rings is 1. The summed E-state index contributed by atoms with van der Waals surface area (Å²) in [5.41, 5.74) is 5.36. The first-order valence-corrected chi connectivity index (χ1v) is 9.41. The van der Waals surface area contributed by atoms with Crippen LogP contribution in [-0.4, -0.2) is 37.3 Å². The van der Waals surface area contributed by atoms with Crippen molar-refractivity contribution in [2.75, 3.05) is 5.32 Å². The Morgan fingerprint density at radius 1 is 1.07 bits per heavy atom. The van der Waals surface area contributed by atoms with Gasteiger partial charge in [-0.2, -0.15) is 0 Å². The molecule has 9 heteroatoms. The van der Waals surface area contributed by atoms with E-state index in [2.05, 4.69) is 43.7 Å². The van der Waals surface area contributed by atoms with Gasteiger partial charge in [-0.3, -0.25) is 4.79 Å². The fourth-order valence-corrected chi connectivity index (χ4v) is 3.60. The number of hydrogen-bond donors (Lipinski definition) is 2. The van der Waals surface area contributed by atoms with Gasteiger partial charge in [-0.05, 0) is 35.6 Å². The zero-order chi connectivity index (χ0) is 20.5. The van der Waals surface area contributed by atoms with Crippen molar-refractivity contribution in [3.63, 3.8) is 0 Å². The molecule has 0 saturated carbocycles. The number of anilines is 1. The normalized spacial score (nSPS) is 15.1. The summed E-state index contributed by atoms with van der Waals surface area (Å²) >= 11 is 0. The van der Waals surface area contributed by atoms with Gasteiger partial charge in [-0.15, -0.1) is 10.2 Å². The van der Waals surface area contributed by atoms with E-state index < -0.39 is 5.97 Å². The van der Waals surface area contributed by atoms with Crippen LogP contribution in [0.4, 0.5) is 5.95 Å². The molecule has 4 aromatic rings. The second-order valence-corrected chi connectivity index (χ2v) is 7.11. The lowest BCUT2D eigenvalue weighted by atomic mass is 10.0. The molecule has 0 spiro atoms. The minimum atomic E-state index is -1.03. The maximum atomic E-state index is 10.7. The van der Waals surface area contributed by atoms with Crippen LogP contribution in [0.1, 0.15) is 17.0 Å². The summed E-state index contributed by atoms with van der Waals surface area (Å²) in [5.74, 6) is -0.289. The maximum Gasteiger partial charge on any atom is 0.312 e.